The Morgan fingerprint density at radius 1 is 1.33 bits per heavy atom. The number of aliphatic imine (C=N–C) groups is 1. The highest BCUT2D eigenvalue weighted by atomic mass is 32.1. The predicted octanol–water partition coefficient (Wildman–Crippen LogP) is 2.61. The smallest absolute Gasteiger partial charge is 0.194 e. The fourth-order valence-corrected chi connectivity index (χ4v) is 4.17. The lowest BCUT2D eigenvalue weighted by Crippen LogP contribution is -2.52. The zero-order valence-electron chi connectivity index (χ0n) is 16.5. The van der Waals surface area contributed by atoms with E-state index in [0.29, 0.717) is 12.5 Å². The summed E-state index contributed by atoms with van der Waals surface area (Å²) in [4.78, 5) is 15.4. The first kappa shape index (κ1) is 19.8. The highest BCUT2D eigenvalue weighted by Gasteiger charge is 2.20. The van der Waals surface area contributed by atoms with E-state index in [1.165, 1.54) is 9.88 Å². The second-order valence-corrected chi connectivity index (χ2v) is 8.44. The van der Waals surface area contributed by atoms with Gasteiger partial charge >= 0.3 is 0 Å². The summed E-state index contributed by atoms with van der Waals surface area (Å²) in [5.74, 6) is 1.63. The van der Waals surface area contributed by atoms with E-state index in [4.69, 9.17) is 9.52 Å². The molecule has 3 heterocycles. The van der Waals surface area contributed by atoms with E-state index < -0.39 is 0 Å². The third-order valence-corrected chi connectivity index (χ3v) is 5.46. The van der Waals surface area contributed by atoms with Crippen LogP contribution in [-0.4, -0.2) is 58.6 Å². The van der Waals surface area contributed by atoms with Gasteiger partial charge in [0, 0.05) is 62.8 Å². The third kappa shape index (κ3) is 6.04. The molecule has 148 valence electrons. The Labute approximate surface area is 165 Å². The quantitative estimate of drug-likeness (QED) is 0.579. The Balaban J connectivity index is 1.53. The van der Waals surface area contributed by atoms with Gasteiger partial charge in [0.25, 0.3) is 0 Å². The van der Waals surface area contributed by atoms with Crippen LogP contribution in [0.25, 0.3) is 0 Å². The number of aromatic nitrogens is 2. The van der Waals surface area contributed by atoms with E-state index >= 15 is 0 Å². The van der Waals surface area contributed by atoms with Crippen LogP contribution >= 0.6 is 11.3 Å². The van der Waals surface area contributed by atoms with E-state index in [9.17, 15) is 0 Å². The molecule has 2 aromatic heterocycles. The minimum atomic E-state index is 0.637. The van der Waals surface area contributed by atoms with Gasteiger partial charge in [-0.05, 0) is 12.8 Å². The fraction of sp³-hybridized carbons (Fsp3) is 0.632. The van der Waals surface area contributed by atoms with Crippen LogP contribution in [0.15, 0.2) is 28.0 Å². The van der Waals surface area contributed by atoms with Gasteiger partial charge in [-0.3, -0.25) is 4.90 Å². The van der Waals surface area contributed by atoms with Crippen molar-refractivity contribution in [3.63, 3.8) is 0 Å². The Morgan fingerprint density at radius 2 is 2.15 bits per heavy atom. The molecule has 1 N–H and O–H groups in total. The number of piperazine rings is 1. The van der Waals surface area contributed by atoms with Crippen LogP contribution in [0.4, 0.5) is 0 Å². The van der Waals surface area contributed by atoms with Gasteiger partial charge < -0.3 is 14.7 Å². The van der Waals surface area contributed by atoms with Gasteiger partial charge in [-0.25, -0.2) is 9.98 Å². The Kier molecular flexibility index (Phi) is 7.23. The first-order chi connectivity index (χ1) is 13.1. The molecule has 2 aromatic rings. The number of thiazole rings is 1. The molecule has 1 aliphatic rings. The molecule has 1 fully saturated rings. The SMILES string of the molecule is CCNC(=NCc1cnc(CC(C)C)s1)N1CCN(Cc2ccon2)CC1. The topological polar surface area (TPSA) is 69.8 Å². The zero-order valence-corrected chi connectivity index (χ0v) is 17.3. The van der Waals surface area contributed by atoms with E-state index in [-0.39, 0.29) is 0 Å². The van der Waals surface area contributed by atoms with E-state index in [1.54, 1.807) is 17.6 Å². The number of nitrogens with zero attached hydrogens (tertiary/aromatic N) is 5. The number of guanidine groups is 1. The predicted molar refractivity (Wildman–Crippen MR) is 109 cm³/mol. The molecular formula is C19H30N6OS. The molecule has 0 aliphatic carbocycles. The van der Waals surface area contributed by atoms with Gasteiger partial charge in [-0.15, -0.1) is 11.3 Å². The summed E-state index contributed by atoms with van der Waals surface area (Å²) in [5.41, 5.74) is 0.992. The average molecular weight is 391 g/mol. The van der Waals surface area contributed by atoms with Gasteiger partial charge in [-0.1, -0.05) is 19.0 Å². The molecule has 0 saturated carbocycles. The van der Waals surface area contributed by atoms with Gasteiger partial charge in [0.2, 0.25) is 0 Å². The highest BCUT2D eigenvalue weighted by molar-refractivity contribution is 7.11. The molecule has 0 unspecified atom stereocenters. The van der Waals surface area contributed by atoms with Crippen LogP contribution in [0.3, 0.4) is 0 Å². The average Bonchev–Trinajstić information content (AvgIpc) is 3.31. The number of nitrogens with one attached hydrogen (secondary N) is 1. The molecule has 1 aliphatic heterocycles. The van der Waals surface area contributed by atoms with Crippen molar-refractivity contribution in [3.8, 4) is 0 Å². The number of rotatable bonds is 7. The van der Waals surface area contributed by atoms with Crippen molar-refractivity contribution in [1.82, 2.24) is 25.3 Å². The largest absolute Gasteiger partial charge is 0.364 e. The Morgan fingerprint density at radius 3 is 2.81 bits per heavy atom. The second kappa shape index (κ2) is 9.85. The van der Waals surface area contributed by atoms with Crippen LogP contribution in [0.1, 0.15) is 36.3 Å². The van der Waals surface area contributed by atoms with Gasteiger partial charge in [0.1, 0.15) is 6.26 Å². The molecule has 7 nitrogen and oxygen atoms in total. The maximum atomic E-state index is 4.92. The monoisotopic (exact) mass is 390 g/mol. The maximum Gasteiger partial charge on any atom is 0.194 e. The molecule has 0 bridgehead atoms. The summed E-state index contributed by atoms with van der Waals surface area (Å²) in [7, 11) is 0. The molecule has 8 heteroatoms. The van der Waals surface area contributed by atoms with E-state index in [1.807, 2.05) is 12.3 Å². The highest BCUT2D eigenvalue weighted by Crippen LogP contribution is 2.17. The molecule has 0 amide bonds. The van der Waals surface area contributed by atoms with Crippen molar-refractivity contribution < 1.29 is 4.52 Å². The van der Waals surface area contributed by atoms with Gasteiger partial charge in [0.15, 0.2) is 5.96 Å². The van der Waals surface area contributed by atoms with Crippen molar-refractivity contribution in [1.29, 1.82) is 0 Å². The normalized spacial score (nSPS) is 16.3. The minimum absolute atomic E-state index is 0.637. The first-order valence-electron chi connectivity index (χ1n) is 9.72. The van der Waals surface area contributed by atoms with E-state index in [2.05, 4.69) is 46.0 Å². The Hall–Kier alpha value is -1.93. The Bertz CT molecular complexity index is 704. The molecule has 1 saturated heterocycles. The second-order valence-electron chi connectivity index (χ2n) is 7.24. The van der Waals surface area contributed by atoms with Crippen LogP contribution in [0.5, 0.6) is 0 Å². The van der Waals surface area contributed by atoms with Crippen molar-refractivity contribution >= 4 is 17.3 Å². The molecule has 0 radical (unpaired) electrons. The molecular weight excluding hydrogens is 360 g/mol. The summed E-state index contributed by atoms with van der Waals surface area (Å²) in [5, 5.41) is 8.65. The van der Waals surface area contributed by atoms with Gasteiger partial charge in [0.05, 0.1) is 17.2 Å². The third-order valence-electron chi connectivity index (χ3n) is 4.45. The summed E-state index contributed by atoms with van der Waals surface area (Å²) in [6, 6.07) is 1.93. The van der Waals surface area contributed by atoms with Gasteiger partial charge in [-0.2, -0.15) is 0 Å². The summed E-state index contributed by atoms with van der Waals surface area (Å²) >= 11 is 1.78. The van der Waals surface area contributed by atoms with Crippen molar-refractivity contribution in [2.24, 2.45) is 10.9 Å². The lowest BCUT2D eigenvalue weighted by molar-refractivity contribution is 0.169. The van der Waals surface area contributed by atoms with Crippen molar-refractivity contribution in [2.45, 2.75) is 40.3 Å². The molecule has 27 heavy (non-hydrogen) atoms. The zero-order chi connectivity index (χ0) is 19.1. The summed E-state index contributed by atoms with van der Waals surface area (Å²) in [6.07, 6.45) is 4.65. The molecule has 3 rings (SSSR count). The maximum absolute atomic E-state index is 4.92. The standard InChI is InChI=1S/C19H30N6OS/c1-4-20-19(22-13-17-12-21-18(27-17)11-15(2)3)25-8-6-24(7-9-25)14-16-5-10-26-23-16/h5,10,12,15H,4,6-9,11,13-14H2,1-3H3,(H,20,22). The van der Waals surface area contributed by atoms with Crippen LogP contribution < -0.4 is 5.32 Å². The fourth-order valence-electron chi connectivity index (χ4n) is 3.11. The first-order valence-corrected chi connectivity index (χ1v) is 10.5. The van der Waals surface area contributed by atoms with Crippen molar-refractivity contribution in [2.75, 3.05) is 32.7 Å². The summed E-state index contributed by atoms with van der Waals surface area (Å²) in [6.45, 7) is 12.9. The molecule has 0 spiro atoms. The van der Waals surface area contributed by atoms with Crippen molar-refractivity contribution in [3.05, 3.63) is 34.1 Å². The van der Waals surface area contributed by atoms with Crippen LogP contribution in [0, 0.1) is 5.92 Å². The molecule has 0 aromatic carbocycles. The number of hydrogen-bond donors (Lipinski definition) is 1. The number of hydrogen-bond acceptors (Lipinski definition) is 6. The lowest BCUT2D eigenvalue weighted by Gasteiger charge is -2.36. The minimum Gasteiger partial charge on any atom is -0.364 e. The summed E-state index contributed by atoms with van der Waals surface area (Å²) < 4.78 is 4.92. The van der Waals surface area contributed by atoms with E-state index in [0.717, 1.165) is 57.3 Å². The molecule has 0 atom stereocenters. The lowest BCUT2D eigenvalue weighted by atomic mass is 10.1. The van der Waals surface area contributed by atoms with Crippen LogP contribution in [0.2, 0.25) is 0 Å². The van der Waals surface area contributed by atoms with Crippen LogP contribution in [-0.2, 0) is 19.5 Å².